The maximum absolute atomic E-state index is 12.0. The molecule has 0 spiro atoms. The molecule has 9 heteroatoms. The Bertz CT molecular complexity index is 1020. The van der Waals surface area contributed by atoms with Crippen LogP contribution in [0.15, 0.2) is 11.6 Å². The number of nitrogens with zero attached hydrogens (tertiary/aromatic N) is 5. The maximum atomic E-state index is 12.0. The number of aromatic nitrogens is 3. The number of carbonyl (C=O) groups excluding carboxylic acids is 2. The minimum atomic E-state index is -0.273. The lowest BCUT2D eigenvalue weighted by molar-refractivity contribution is -0.117. The lowest BCUT2D eigenvalue weighted by Crippen LogP contribution is -2.44. The monoisotopic (exact) mass is 485 g/mol. The Morgan fingerprint density at radius 1 is 1.24 bits per heavy atom. The molecule has 2 saturated heterocycles. The van der Waals surface area contributed by atoms with Crippen LogP contribution >= 0.6 is 11.3 Å². The third-order valence-electron chi connectivity index (χ3n) is 7.96. The van der Waals surface area contributed by atoms with Gasteiger partial charge in [0.15, 0.2) is 0 Å². The van der Waals surface area contributed by atoms with E-state index in [2.05, 4.69) is 21.4 Å². The highest BCUT2D eigenvalue weighted by molar-refractivity contribution is 7.09. The number of amides is 1. The Hall–Kier alpha value is -2.26. The number of carbonyl (C=O) groups is 2. The molecule has 2 unspecified atom stereocenters. The van der Waals surface area contributed by atoms with Gasteiger partial charge in [-0.1, -0.05) is 0 Å². The Morgan fingerprint density at radius 2 is 2.00 bits per heavy atom. The van der Waals surface area contributed by atoms with Crippen LogP contribution in [-0.2, 0) is 22.5 Å². The van der Waals surface area contributed by atoms with Gasteiger partial charge in [0, 0.05) is 60.7 Å². The first kappa shape index (κ1) is 23.5. The average molecular weight is 486 g/mol. The summed E-state index contributed by atoms with van der Waals surface area (Å²) < 4.78 is 7.40. The van der Waals surface area contributed by atoms with E-state index in [0.717, 1.165) is 48.8 Å². The molecule has 184 valence electrons. The van der Waals surface area contributed by atoms with E-state index in [0.29, 0.717) is 37.6 Å². The highest BCUT2D eigenvalue weighted by atomic mass is 32.1. The molecule has 0 radical (unpaired) electrons. The highest BCUT2D eigenvalue weighted by Crippen LogP contribution is 2.43. The Labute approximate surface area is 205 Å². The zero-order valence-electron chi connectivity index (χ0n) is 20.4. The second kappa shape index (κ2) is 9.77. The van der Waals surface area contributed by atoms with Crippen molar-refractivity contribution >= 4 is 23.2 Å². The van der Waals surface area contributed by atoms with E-state index in [1.807, 2.05) is 11.6 Å². The molecule has 3 atom stereocenters. The number of thiazole rings is 1. The molecule has 3 aliphatic rings. The molecule has 34 heavy (non-hydrogen) atoms. The van der Waals surface area contributed by atoms with Gasteiger partial charge < -0.3 is 19.0 Å². The fourth-order valence-electron chi connectivity index (χ4n) is 6.53. The normalized spacial score (nSPS) is 25.3. The summed E-state index contributed by atoms with van der Waals surface area (Å²) in [5.41, 5.74) is 2.33. The smallest absolute Gasteiger partial charge is 0.409 e. The van der Waals surface area contributed by atoms with E-state index in [4.69, 9.17) is 9.72 Å². The predicted molar refractivity (Wildman–Crippen MR) is 130 cm³/mol. The number of ketones is 1. The number of piperidine rings is 1. The van der Waals surface area contributed by atoms with Gasteiger partial charge in [0.1, 0.15) is 11.6 Å². The Morgan fingerprint density at radius 3 is 2.65 bits per heavy atom. The summed E-state index contributed by atoms with van der Waals surface area (Å²) in [7, 11) is 1.44. The topological polar surface area (TPSA) is 80.6 Å². The van der Waals surface area contributed by atoms with Crippen molar-refractivity contribution in [2.75, 3.05) is 20.2 Å². The quantitative estimate of drug-likeness (QED) is 0.588. The molecule has 3 aliphatic heterocycles. The third kappa shape index (κ3) is 4.52. The van der Waals surface area contributed by atoms with Crippen molar-refractivity contribution in [1.82, 2.24) is 24.3 Å². The van der Waals surface area contributed by atoms with E-state index in [1.165, 1.54) is 25.6 Å². The lowest BCUT2D eigenvalue weighted by atomic mass is 9.94. The molecule has 0 N–H and O–H groups in total. The SMILES string of the molecule is COC(=O)N1CCc2c(nc(C)n2C2CC3CCC(C2)N3CC[C@H](CC(C)=O)c2nccs2)C1. The van der Waals surface area contributed by atoms with Crippen LogP contribution in [0.4, 0.5) is 4.79 Å². The van der Waals surface area contributed by atoms with Crippen molar-refractivity contribution in [3.63, 3.8) is 0 Å². The summed E-state index contributed by atoms with van der Waals surface area (Å²) >= 11 is 1.67. The Kier molecular flexibility index (Phi) is 6.75. The fourth-order valence-corrected chi connectivity index (χ4v) is 7.31. The first-order valence-electron chi connectivity index (χ1n) is 12.5. The number of hydrogen-bond donors (Lipinski definition) is 0. The van der Waals surface area contributed by atoms with Crippen LogP contribution in [0.1, 0.15) is 79.6 Å². The highest BCUT2D eigenvalue weighted by Gasteiger charge is 2.42. The number of imidazole rings is 1. The predicted octanol–water partition coefficient (Wildman–Crippen LogP) is 4.09. The van der Waals surface area contributed by atoms with Gasteiger partial charge >= 0.3 is 6.09 Å². The number of methoxy groups -OCH3 is 1. The van der Waals surface area contributed by atoms with E-state index < -0.39 is 0 Å². The molecule has 0 aliphatic carbocycles. The molecule has 2 bridgehead atoms. The van der Waals surface area contributed by atoms with Gasteiger partial charge in [-0.2, -0.15) is 0 Å². The van der Waals surface area contributed by atoms with Crippen LogP contribution in [0.2, 0.25) is 0 Å². The number of rotatable bonds is 7. The molecule has 2 aromatic heterocycles. The van der Waals surface area contributed by atoms with Crippen molar-refractivity contribution < 1.29 is 14.3 Å². The van der Waals surface area contributed by atoms with Crippen molar-refractivity contribution in [2.24, 2.45) is 0 Å². The van der Waals surface area contributed by atoms with Crippen LogP contribution in [0.5, 0.6) is 0 Å². The summed E-state index contributed by atoms with van der Waals surface area (Å²) in [4.78, 5) is 37.7. The van der Waals surface area contributed by atoms with Gasteiger partial charge in [-0.25, -0.2) is 14.8 Å². The van der Waals surface area contributed by atoms with Gasteiger partial charge in [0.05, 0.1) is 24.4 Å². The van der Waals surface area contributed by atoms with Gasteiger partial charge in [0.25, 0.3) is 0 Å². The summed E-state index contributed by atoms with van der Waals surface area (Å²) in [6, 6.07) is 1.65. The van der Waals surface area contributed by atoms with E-state index in [1.54, 1.807) is 23.2 Å². The molecule has 5 rings (SSSR count). The van der Waals surface area contributed by atoms with Crippen molar-refractivity contribution in [3.05, 3.63) is 33.8 Å². The molecule has 2 fully saturated rings. The first-order chi connectivity index (χ1) is 16.4. The second-order valence-corrected chi connectivity index (χ2v) is 11.0. The summed E-state index contributed by atoms with van der Waals surface area (Å²) in [5.74, 6) is 1.54. The van der Waals surface area contributed by atoms with Crippen LogP contribution in [0, 0.1) is 6.92 Å². The maximum Gasteiger partial charge on any atom is 0.409 e. The molecule has 5 heterocycles. The van der Waals surface area contributed by atoms with Crippen molar-refractivity contribution in [2.45, 2.75) is 89.4 Å². The van der Waals surface area contributed by atoms with Gasteiger partial charge in [0.2, 0.25) is 0 Å². The molecule has 0 saturated carbocycles. The minimum absolute atomic E-state index is 0.232. The number of hydrogen-bond acceptors (Lipinski definition) is 7. The van der Waals surface area contributed by atoms with Gasteiger partial charge in [-0.15, -0.1) is 11.3 Å². The largest absolute Gasteiger partial charge is 0.453 e. The standard InChI is InChI=1S/C25H35N5O3S/c1-16(31)12-18(24-26-8-11-34-24)6-10-29-19-4-5-20(29)14-21(13-19)30-17(2)27-22-15-28(25(32)33-3)9-7-23(22)30/h8,11,18-21H,4-7,9-10,12-15H2,1-3H3/t18-,19?,20?,21?/m1/s1. The van der Waals surface area contributed by atoms with Crippen molar-refractivity contribution in [1.29, 1.82) is 0 Å². The van der Waals surface area contributed by atoms with Crippen LogP contribution < -0.4 is 0 Å². The molecular weight excluding hydrogens is 450 g/mol. The number of fused-ring (bicyclic) bond motifs is 3. The zero-order valence-corrected chi connectivity index (χ0v) is 21.2. The first-order valence-corrected chi connectivity index (χ1v) is 13.4. The lowest BCUT2D eigenvalue weighted by Gasteiger charge is -2.41. The fraction of sp³-hybridized carbons (Fsp3) is 0.680. The zero-order chi connectivity index (χ0) is 23.8. The minimum Gasteiger partial charge on any atom is -0.453 e. The number of Topliss-reactive ketones (excluding diaryl/α,β-unsaturated/α-hetero) is 1. The summed E-state index contributed by atoms with van der Waals surface area (Å²) in [6.07, 6.45) is 8.79. The molecule has 0 aromatic carbocycles. The van der Waals surface area contributed by atoms with Crippen LogP contribution in [0.25, 0.3) is 0 Å². The summed E-state index contributed by atoms with van der Waals surface area (Å²) in [6.45, 7) is 6.05. The Balaban J connectivity index is 1.26. The van der Waals surface area contributed by atoms with Crippen molar-refractivity contribution in [3.8, 4) is 0 Å². The van der Waals surface area contributed by atoms with Crippen LogP contribution in [-0.4, -0.2) is 68.5 Å². The van der Waals surface area contributed by atoms with E-state index in [9.17, 15) is 9.59 Å². The van der Waals surface area contributed by atoms with E-state index >= 15 is 0 Å². The van der Waals surface area contributed by atoms with Gasteiger partial charge in [-0.3, -0.25) is 4.90 Å². The van der Waals surface area contributed by atoms with Crippen LogP contribution in [0.3, 0.4) is 0 Å². The molecule has 8 nitrogen and oxygen atoms in total. The second-order valence-electron chi connectivity index (χ2n) is 10.1. The molecule has 2 aromatic rings. The van der Waals surface area contributed by atoms with Gasteiger partial charge in [-0.05, 0) is 52.5 Å². The van der Waals surface area contributed by atoms with E-state index in [-0.39, 0.29) is 17.8 Å². The summed E-state index contributed by atoms with van der Waals surface area (Å²) in [5, 5.41) is 3.11. The third-order valence-corrected chi connectivity index (χ3v) is 8.89. The average Bonchev–Trinajstić information content (AvgIpc) is 3.51. The number of aryl methyl sites for hydroxylation is 1. The number of ether oxygens (including phenoxy) is 1. The molecular formula is C25H35N5O3S. The molecule has 1 amide bonds.